The molecule has 0 fully saturated rings. The number of rotatable bonds is 4. The summed E-state index contributed by atoms with van der Waals surface area (Å²) in [6, 6.07) is 29.4. The van der Waals surface area contributed by atoms with Gasteiger partial charge in [-0.25, -0.2) is 0 Å². The van der Waals surface area contributed by atoms with E-state index < -0.39 is 0 Å². The lowest BCUT2D eigenvalue weighted by Crippen LogP contribution is -2.14. The van der Waals surface area contributed by atoms with Crippen molar-refractivity contribution >= 4 is 17.5 Å². The Morgan fingerprint density at radius 2 is 1.17 bits per heavy atom. The number of anilines is 2. The molecule has 1 nitrogen and oxygen atoms in total. The number of nitrogens with zero attached hydrogens (tertiary/aromatic N) is 1. The molecule has 0 amide bonds. The smallest absolute Gasteiger partial charge is 0.0458 e. The topological polar surface area (TPSA) is 3.24 Å². The zero-order valence-corrected chi connectivity index (χ0v) is 13.6. The Morgan fingerprint density at radius 1 is 0.696 bits per heavy atom. The highest BCUT2D eigenvalue weighted by atomic mass is 15.1. The molecule has 0 bridgehead atoms. The van der Waals surface area contributed by atoms with Gasteiger partial charge in [-0.05, 0) is 55.3 Å². The van der Waals surface area contributed by atoms with E-state index >= 15 is 0 Å². The maximum absolute atomic E-state index is 2.28. The van der Waals surface area contributed by atoms with Gasteiger partial charge in [0.1, 0.15) is 0 Å². The van der Waals surface area contributed by atoms with E-state index in [0.29, 0.717) is 0 Å². The second kappa shape index (κ2) is 6.97. The Hall–Kier alpha value is -2.80. The van der Waals surface area contributed by atoms with Gasteiger partial charge in [-0.15, -0.1) is 0 Å². The van der Waals surface area contributed by atoms with Crippen LogP contribution in [0, 0.1) is 6.92 Å². The molecule has 0 aliphatic heterocycles. The standard InChI is InChI=1S/C22H21N/c1-18-11-9-10-12-20(18)17-19(2)23(21-13-5-3-6-14-21)22-15-7-4-8-16-22/h3-17H,1-2H3. The molecule has 1 heteroatoms. The van der Waals surface area contributed by atoms with Crippen molar-refractivity contribution in [3.05, 3.63) is 102 Å². The molecule has 0 radical (unpaired) electrons. The van der Waals surface area contributed by atoms with Crippen LogP contribution >= 0.6 is 0 Å². The summed E-state index contributed by atoms with van der Waals surface area (Å²) in [5, 5.41) is 0. The first-order valence-corrected chi connectivity index (χ1v) is 7.90. The summed E-state index contributed by atoms with van der Waals surface area (Å²) in [6.45, 7) is 4.31. The van der Waals surface area contributed by atoms with Crippen molar-refractivity contribution in [3.8, 4) is 0 Å². The Morgan fingerprint density at radius 3 is 1.70 bits per heavy atom. The van der Waals surface area contributed by atoms with Crippen LogP contribution < -0.4 is 4.90 Å². The minimum atomic E-state index is 1.17. The summed E-state index contributed by atoms with van der Waals surface area (Å²) < 4.78 is 0. The van der Waals surface area contributed by atoms with Gasteiger partial charge in [0, 0.05) is 17.1 Å². The third-order valence-electron chi connectivity index (χ3n) is 3.93. The molecule has 0 aliphatic rings. The van der Waals surface area contributed by atoms with Gasteiger partial charge in [0.25, 0.3) is 0 Å². The Balaban J connectivity index is 2.07. The Kier molecular flexibility index (Phi) is 4.58. The maximum atomic E-state index is 2.28. The van der Waals surface area contributed by atoms with E-state index in [0.717, 1.165) is 0 Å². The van der Waals surface area contributed by atoms with Gasteiger partial charge < -0.3 is 4.90 Å². The molecule has 0 heterocycles. The van der Waals surface area contributed by atoms with Crippen LogP contribution in [0.15, 0.2) is 90.6 Å². The molecule has 0 spiro atoms. The number of benzene rings is 3. The van der Waals surface area contributed by atoms with Crippen molar-refractivity contribution in [3.63, 3.8) is 0 Å². The van der Waals surface area contributed by atoms with Gasteiger partial charge in [-0.3, -0.25) is 0 Å². The van der Waals surface area contributed by atoms with Crippen molar-refractivity contribution in [1.29, 1.82) is 0 Å². The van der Waals surface area contributed by atoms with Crippen LogP contribution in [-0.2, 0) is 0 Å². The van der Waals surface area contributed by atoms with E-state index in [1.54, 1.807) is 0 Å². The number of hydrogen-bond donors (Lipinski definition) is 0. The zero-order valence-electron chi connectivity index (χ0n) is 13.6. The molecule has 3 aromatic rings. The van der Waals surface area contributed by atoms with Crippen molar-refractivity contribution < 1.29 is 0 Å². The maximum Gasteiger partial charge on any atom is 0.0458 e. The van der Waals surface area contributed by atoms with Crippen molar-refractivity contribution in [2.45, 2.75) is 13.8 Å². The van der Waals surface area contributed by atoms with Crippen LogP contribution in [0.1, 0.15) is 18.1 Å². The molecule has 3 rings (SSSR count). The summed E-state index contributed by atoms with van der Waals surface area (Å²) in [5.74, 6) is 0. The van der Waals surface area contributed by atoms with Crippen LogP contribution in [0.5, 0.6) is 0 Å². The molecule has 0 aromatic heterocycles. The fourth-order valence-corrected chi connectivity index (χ4v) is 2.75. The predicted octanol–water partition coefficient (Wildman–Crippen LogP) is 6.19. The summed E-state index contributed by atoms with van der Waals surface area (Å²) in [6.07, 6.45) is 2.25. The molecule has 23 heavy (non-hydrogen) atoms. The lowest BCUT2D eigenvalue weighted by molar-refractivity contribution is 1.17. The minimum absolute atomic E-state index is 1.17. The Bertz CT molecular complexity index is 749. The van der Waals surface area contributed by atoms with Crippen LogP contribution in [-0.4, -0.2) is 0 Å². The molecule has 114 valence electrons. The van der Waals surface area contributed by atoms with E-state index in [1.165, 1.54) is 28.2 Å². The molecular formula is C22H21N. The highest BCUT2D eigenvalue weighted by Crippen LogP contribution is 2.30. The molecule has 0 aliphatic carbocycles. The predicted molar refractivity (Wildman–Crippen MR) is 99.9 cm³/mol. The molecule has 0 saturated carbocycles. The van der Waals surface area contributed by atoms with Crippen LogP contribution in [0.4, 0.5) is 11.4 Å². The number of allylic oxidation sites excluding steroid dienone is 1. The average Bonchev–Trinajstić information content (AvgIpc) is 2.59. The van der Waals surface area contributed by atoms with E-state index in [1.807, 2.05) is 12.1 Å². The first-order chi connectivity index (χ1) is 11.3. The molecule has 0 unspecified atom stereocenters. The molecule has 0 atom stereocenters. The van der Waals surface area contributed by atoms with Gasteiger partial charge in [0.15, 0.2) is 0 Å². The van der Waals surface area contributed by atoms with Crippen LogP contribution in [0.25, 0.3) is 6.08 Å². The summed E-state index contributed by atoms with van der Waals surface area (Å²) in [7, 11) is 0. The fraction of sp³-hybridized carbons (Fsp3) is 0.0909. The minimum Gasteiger partial charge on any atom is -0.314 e. The normalized spacial score (nSPS) is 11.3. The van der Waals surface area contributed by atoms with E-state index in [4.69, 9.17) is 0 Å². The van der Waals surface area contributed by atoms with Crippen molar-refractivity contribution in [1.82, 2.24) is 0 Å². The summed E-state index contributed by atoms with van der Waals surface area (Å²) in [5.41, 5.74) is 6.06. The highest BCUT2D eigenvalue weighted by Gasteiger charge is 2.11. The SMILES string of the molecule is CC(=Cc1ccccc1C)N(c1ccccc1)c1ccccc1. The summed E-state index contributed by atoms with van der Waals surface area (Å²) >= 11 is 0. The van der Waals surface area contributed by atoms with Gasteiger partial charge in [-0.1, -0.05) is 60.7 Å². The van der Waals surface area contributed by atoms with Crippen molar-refractivity contribution in [2.75, 3.05) is 4.90 Å². The highest BCUT2D eigenvalue weighted by molar-refractivity contribution is 5.72. The molecule has 0 N–H and O–H groups in total. The monoisotopic (exact) mass is 299 g/mol. The van der Waals surface area contributed by atoms with E-state index in [9.17, 15) is 0 Å². The number of aryl methyl sites for hydroxylation is 1. The third-order valence-corrected chi connectivity index (χ3v) is 3.93. The quantitative estimate of drug-likeness (QED) is 0.555. The zero-order chi connectivity index (χ0) is 16.1. The summed E-state index contributed by atoms with van der Waals surface area (Å²) in [4.78, 5) is 2.28. The first kappa shape index (κ1) is 15.1. The average molecular weight is 299 g/mol. The third kappa shape index (κ3) is 3.51. The fourth-order valence-electron chi connectivity index (χ4n) is 2.75. The van der Waals surface area contributed by atoms with Gasteiger partial charge in [0.05, 0.1) is 0 Å². The van der Waals surface area contributed by atoms with Crippen LogP contribution in [0.3, 0.4) is 0 Å². The molecule has 0 saturated heterocycles. The number of para-hydroxylation sites is 2. The lowest BCUT2D eigenvalue weighted by Gasteiger charge is -2.26. The lowest BCUT2D eigenvalue weighted by atomic mass is 10.1. The van der Waals surface area contributed by atoms with E-state index in [2.05, 4.69) is 97.6 Å². The second-order valence-electron chi connectivity index (χ2n) is 5.65. The Labute approximate surface area is 138 Å². The number of hydrogen-bond acceptors (Lipinski definition) is 1. The van der Waals surface area contributed by atoms with Crippen molar-refractivity contribution in [2.24, 2.45) is 0 Å². The molecular weight excluding hydrogens is 278 g/mol. The molecule has 3 aromatic carbocycles. The second-order valence-corrected chi connectivity index (χ2v) is 5.65. The van der Waals surface area contributed by atoms with E-state index in [-0.39, 0.29) is 0 Å². The largest absolute Gasteiger partial charge is 0.314 e. The van der Waals surface area contributed by atoms with Gasteiger partial charge in [0.2, 0.25) is 0 Å². The van der Waals surface area contributed by atoms with Gasteiger partial charge >= 0.3 is 0 Å². The van der Waals surface area contributed by atoms with Crippen LogP contribution in [0.2, 0.25) is 0 Å². The van der Waals surface area contributed by atoms with Gasteiger partial charge in [-0.2, -0.15) is 0 Å². The first-order valence-electron chi connectivity index (χ1n) is 7.90.